The van der Waals surface area contributed by atoms with E-state index < -0.39 is 0 Å². The summed E-state index contributed by atoms with van der Waals surface area (Å²) < 4.78 is 2.02. The third kappa shape index (κ3) is 5.45. The van der Waals surface area contributed by atoms with E-state index in [0.717, 1.165) is 36.0 Å². The SMILES string of the molecule is C=CC(=O)N1CC(NC(=O)c2c(Cl)nc(CNc3n[nH]c4cc(Cl)c(C(C)(C)C)cc34)n2[C@@H]2CCN(C3CC3)C2)C1. The van der Waals surface area contributed by atoms with Gasteiger partial charge >= 0.3 is 0 Å². The number of nitrogens with zero attached hydrogens (tertiary/aromatic N) is 5. The maximum atomic E-state index is 13.6. The first-order valence-corrected chi connectivity index (χ1v) is 14.9. The summed E-state index contributed by atoms with van der Waals surface area (Å²) in [6.07, 6.45) is 4.66. The van der Waals surface area contributed by atoms with Crippen molar-refractivity contribution in [3.05, 3.63) is 52.0 Å². The molecule has 0 bridgehead atoms. The second-order valence-electron chi connectivity index (χ2n) is 12.4. The smallest absolute Gasteiger partial charge is 0.271 e. The number of amides is 2. The van der Waals surface area contributed by atoms with Gasteiger partial charge in [0, 0.05) is 48.7 Å². The molecule has 0 radical (unpaired) electrons. The lowest BCUT2D eigenvalue weighted by molar-refractivity contribution is -0.130. The van der Waals surface area contributed by atoms with Gasteiger partial charge in [0.1, 0.15) is 11.5 Å². The molecule has 3 aliphatic rings. The Morgan fingerprint density at radius 3 is 2.59 bits per heavy atom. The molecule has 3 aromatic rings. The molecule has 0 spiro atoms. The van der Waals surface area contributed by atoms with Crippen LogP contribution in [0.4, 0.5) is 5.82 Å². The first-order valence-electron chi connectivity index (χ1n) is 14.2. The largest absolute Gasteiger partial charge is 0.361 e. The fraction of sp³-hybridized carbons (Fsp3) is 0.517. The van der Waals surface area contributed by atoms with Crippen LogP contribution >= 0.6 is 23.2 Å². The minimum atomic E-state index is -0.274. The van der Waals surface area contributed by atoms with Gasteiger partial charge < -0.3 is 20.1 Å². The molecular weight excluding hydrogens is 563 g/mol. The zero-order chi connectivity index (χ0) is 29.1. The lowest BCUT2D eigenvalue weighted by Gasteiger charge is -2.39. The molecule has 10 nitrogen and oxygen atoms in total. The summed E-state index contributed by atoms with van der Waals surface area (Å²) in [6, 6.07) is 4.56. The highest BCUT2D eigenvalue weighted by Gasteiger charge is 2.38. The van der Waals surface area contributed by atoms with Gasteiger partial charge in [0.2, 0.25) is 5.91 Å². The predicted molar refractivity (Wildman–Crippen MR) is 161 cm³/mol. The molecule has 41 heavy (non-hydrogen) atoms. The first kappa shape index (κ1) is 28.1. The number of rotatable bonds is 8. The summed E-state index contributed by atoms with van der Waals surface area (Å²) in [7, 11) is 0. The molecule has 2 saturated heterocycles. The number of hydrogen-bond acceptors (Lipinski definition) is 6. The van der Waals surface area contributed by atoms with Crippen molar-refractivity contribution in [1.82, 2.24) is 34.9 Å². The van der Waals surface area contributed by atoms with Crippen molar-refractivity contribution in [2.24, 2.45) is 0 Å². The molecule has 1 aromatic carbocycles. The molecule has 218 valence electrons. The normalized spacial score (nSPS) is 19.9. The molecule has 1 saturated carbocycles. The Hall–Kier alpha value is -3.08. The second-order valence-corrected chi connectivity index (χ2v) is 13.1. The molecular formula is C29H36Cl2N8O2. The fourth-order valence-corrected chi connectivity index (χ4v) is 6.68. The molecule has 3 N–H and O–H groups in total. The van der Waals surface area contributed by atoms with Crippen LogP contribution in [0, 0.1) is 0 Å². The van der Waals surface area contributed by atoms with Crippen LogP contribution in [-0.4, -0.2) is 79.6 Å². The number of halogens is 2. The Morgan fingerprint density at radius 1 is 1.15 bits per heavy atom. The van der Waals surface area contributed by atoms with Gasteiger partial charge in [-0.25, -0.2) is 4.98 Å². The maximum absolute atomic E-state index is 13.6. The van der Waals surface area contributed by atoms with Crippen molar-refractivity contribution in [3.63, 3.8) is 0 Å². The summed E-state index contributed by atoms with van der Waals surface area (Å²) in [6.45, 7) is 13.0. The summed E-state index contributed by atoms with van der Waals surface area (Å²) in [5.41, 5.74) is 2.12. The third-order valence-electron chi connectivity index (χ3n) is 8.36. The predicted octanol–water partition coefficient (Wildman–Crippen LogP) is 4.51. The van der Waals surface area contributed by atoms with E-state index in [1.54, 1.807) is 4.90 Å². The van der Waals surface area contributed by atoms with E-state index in [4.69, 9.17) is 23.2 Å². The summed E-state index contributed by atoms with van der Waals surface area (Å²) in [5, 5.41) is 15.9. The Kier molecular flexibility index (Phi) is 7.28. The van der Waals surface area contributed by atoms with Crippen molar-refractivity contribution in [2.45, 2.75) is 70.1 Å². The number of hydrogen-bond donors (Lipinski definition) is 3. The average Bonchev–Trinajstić information content (AvgIpc) is 3.35. The van der Waals surface area contributed by atoms with Crippen molar-refractivity contribution in [1.29, 1.82) is 0 Å². The van der Waals surface area contributed by atoms with Gasteiger partial charge in [0.15, 0.2) is 11.0 Å². The topological polar surface area (TPSA) is 111 Å². The van der Waals surface area contributed by atoms with Gasteiger partial charge in [-0.1, -0.05) is 50.6 Å². The third-order valence-corrected chi connectivity index (χ3v) is 8.93. The van der Waals surface area contributed by atoms with Crippen LogP contribution in [0.2, 0.25) is 10.2 Å². The van der Waals surface area contributed by atoms with Gasteiger partial charge in [0.25, 0.3) is 5.91 Å². The van der Waals surface area contributed by atoms with Crippen LogP contribution in [0.5, 0.6) is 0 Å². The van der Waals surface area contributed by atoms with E-state index in [2.05, 4.69) is 64.1 Å². The summed E-state index contributed by atoms with van der Waals surface area (Å²) in [5.74, 6) is 0.956. The molecule has 1 atom stereocenters. The number of carbonyl (C=O) groups excluding carboxylic acids is 2. The van der Waals surface area contributed by atoms with Gasteiger partial charge in [-0.3, -0.25) is 19.6 Å². The molecule has 0 unspecified atom stereocenters. The van der Waals surface area contributed by atoms with Crippen molar-refractivity contribution in [2.75, 3.05) is 31.5 Å². The van der Waals surface area contributed by atoms with E-state index in [1.165, 1.54) is 18.9 Å². The number of fused-ring (bicyclic) bond motifs is 1. The minimum absolute atomic E-state index is 0.0793. The molecule has 2 amide bonds. The quantitative estimate of drug-likeness (QED) is 0.329. The Morgan fingerprint density at radius 2 is 1.90 bits per heavy atom. The number of carbonyl (C=O) groups is 2. The van der Waals surface area contributed by atoms with Crippen LogP contribution in [0.15, 0.2) is 24.8 Å². The number of H-pyrrole nitrogens is 1. The van der Waals surface area contributed by atoms with Gasteiger partial charge in [-0.15, -0.1) is 0 Å². The Balaban J connectivity index is 1.26. The molecule has 4 heterocycles. The summed E-state index contributed by atoms with van der Waals surface area (Å²) in [4.78, 5) is 34.2. The summed E-state index contributed by atoms with van der Waals surface area (Å²) >= 11 is 13.2. The number of aromatic nitrogens is 4. The van der Waals surface area contributed by atoms with Crippen LogP contribution < -0.4 is 10.6 Å². The number of imidazole rings is 1. The lowest BCUT2D eigenvalue weighted by Crippen LogP contribution is -2.60. The average molecular weight is 600 g/mol. The van der Waals surface area contributed by atoms with Crippen molar-refractivity contribution < 1.29 is 9.59 Å². The monoisotopic (exact) mass is 598 g/mol. The van der Waals surface area contributed by atoms with E-state index in [9.17, 15) is 9.59 Å². The number of aromatic amines is 1. The van der Waals surface area contributed by atoms with Crippen LogP contribution in [0.1, 0.15) is 68.0 Å². The standard InChI is InChI=1S/C29H36Cl2N8O2/c1-5-24(40)38-13-16(14-38)33-28(41)25-26(31)34-23(39(25)18-8-9-37(15-18)17-6-7-17)12-32-27-19-10-20(29(2,3)4)21(30)11-22(19)35-36-27/h5,10-11,16-18H,1,6-9,12-15H2,2-4H3,(H,33,41)(H2,32,35,36)/t18-/m1/s1. The van der Waals surface area contributed by atoms with Crippen LogP contribution in [0.3, 0.4) is 0 Å². The first-order chi connectivity index (χ1) is 19.5. The highest BCUT2D eigenvalue weighted by Crippen LogP contribution is 2.37. The van der Waals surface area contributed by atoms with E-state index in [0.29, 0.717) is 48.0 Å². The van der Waals surface area contributed by atoms with Gasteiger partial charge in [-0.2, -0.15) is 5.10 Å². The minimum Gasteiger partial charge on any atom is -0.361 e. The second kappa shape index (κ2) is 10.6. The van der Waals surface area contributed by atoms with Crippen molar-refractivity contribution in [3.8, 4) is 0 Å². The van der Waals surface area contributed by atoms with Crippen molar-refractivity contribution >= 4 is 51.7 Å². The van der Waals surface area contributed by atoms with Gasteiger partial charge in [-0.05, 0) is 48.4 Å². The number of benzene rings is 1. The van der Waals surface area contributed by atoms with E-state index in [-0.39, 0.29) is 34.5 Å². The highest BCUT2D eigenvalue weighted by atomic mass is 35.5. The Bertz CT molecular complexity index is 1510. The zero-order valence-corrected chi connectivity index (χ0v) is 25.1. The number of anilines is 1. The van der Waals surface area contributed by atoms with E-state index in [1.807, 2.05) is 10.6 Å². The van der Waals surface area contributed by atoms with Crippen LogP contribution in [-0.2, 0) is 16.8 Å². The molecule has 12 heteroatoms. The van der Waals surface area contributed by atoms with E-state index >= 15 is 0 Å². The van der Waals surface area contributed by atoms with Crippen LogP contribution in [0.25, 0.3) is 10.9 Å². The van der Waals surface area contributed by atoms with Gasteiger partial charge in [0.05, 0.1) is 18.1 Å². The fourth-order valence-electron chi connectivity index (χ4n) is 5.96. The lowest BCUT2D eigenvalue weighted by atomic mass is 9.86. The molecule has 3 fully saturated rings. The Labute approximate surface area is 249 Å². The highest BCUT2D eigenvalue weighted by molar-refractivity contribution is 6.32. The molecule has 1 aliphatic carbocycles. The maximum Gasteiger partial charge on any atom is 0.271 e. The molecule has 2 aliphatic heterocycles. The molecule has 2 aromatic heterocycles. The number of nitrogens with one attached hydrogen (secondary N) is 3. The zero-order valence-electron chi connectivity index (χ0n) is 23.6. The number of likely N-dealkylation sites (tertiary alicyclic amines) is 2. The molecule has 6 rings (SSSR count).